The normalized spacial score (nSPS) is 20.4. The molecule has 0 saturated carbocycles. The molecule has 0 bridgehead atoms. The molecular formula is C17H23N3O2S. The standard InChI is InChI=1S/C17H23N3O2S/c1-5-12(4)18-17-20-16(22)14(23-17)9-15(21)19-13-8-10(2)6-7-11(13)3/h6-8,12,14H,5,9H2,1-4H3,(H,19,21)(H,18,20,22)/t12-,14+/m0/s1. The van der Waals surface area contributed by atoms with Crippen LogP contribution < -0.4 is 10.6 Å². The van der Waals surface area contributed by atoms with E-state index in [4.69, 9.17) is 0 Å². The summed E-state index contributed by atoms with van der Waals surface area (Å²) < 4.78 is 0. The molecule has 1 aliphatic rings. The van der Waals surface area contributed by atoms with Crippen LogP contribution in [0.4, 0.5) is 5.69 Å². The van der Waals surface area contributed by atoms with Crippen molar-refractivity contribution < 1.29 is 9.59 Å². The number of amides is 2. The zero-order chi connectivity index (χ0) is 17.0. The molecule has 1 aromatic rings. The lowest BCUT2D eigenvalue weighted by Crippen LogP contribution is -2.28. The second-order valence-corrected chi connectivity index (χ2v) is 7.05. The molecule has 1 aliphatic heterocycles. The molecule has 1 heterocycles. The zero-order valence-electron chi connectivity index (χ0n) is 14.0. The maximum Gasteiger partial charge on any atom is 0.240 e. The topological polar surface area (TPSA) is 70.6 Å². The maximum absolute atomic E-state index is 12.2. The van der Waals surface area contributed by atoms with Crippen LogP contribution in [0.3, 0.4) is 0 Å². The summed E-state index contributed by atoms with van der Waals surface area (Å²) in [7, 11) is 0. The van der Waals surface area contributed by atoms with Gasteiger partial charge in [0, 0.05) is 18.2 Å². The van der Waals surface area contributed by atoms with E-state index in [0.29, 0.717) is 5.17 Å². The highest BCUT2D eigenvalue weighted by Crippen LogP contribution is 2.24. The molecule has 1 saturated heterocycles. The Bertz CT molecular complexity index is 643. The number of aryl methyl sites for hydroxylation is 2. The van der Waals surface area contributed by atoms with E-state index in [1.54, 1.807) is 0 Å². The molecule has 2 amide bonds. The molecule has 0 radical (unpaired) electrons. The van der Waals surface area contributed by atoms with Crippen LogP contribution in [0.1, 0.15) is 37.8 Å². The van der Waals surface area contributed by atoms with Gasteiger partial charge in [0.2, 0.25) is 11.8 Å². The molecule has 1 fully saturated rings. The predicted octanol–water partition coefficient (Wildman–Crippen LogP) is 3.02. The van der Waals surface area contributed by atoms with Crippen molar-refractivity contribution in [2.24, 2.45) is 4.99 Å². The first-order chi connectivity index (χ1) is 10.9. The van der Waals surface area contributed by atoms with Crippen molar-refractivity contribution in [2.75, 3.05) is 5.32 Å². The summed E-state index contributed by atoms with van der Waals surface area (Å²) in [6, 6.07) is 6.08. The van der Waals surface area contributed by atoms with Gasteiger partial charge in [0.1, 0.15) is 5.25 Å². The minimum Gasteiger partial charge on any atom is -0.326 e. The molecule has 124 valence electrons. The number of aliphatic imine (C=N–C) groups is 1. The second-order valence-electron chi connectivity index (χ2n) is 5.86. The van der Waals surface area contributed by atoms with Crippen LogP contribution in [0.5, 0.6) is 0 Å². The van der Waals surface area contributed by atoms with E-state index in [-0.39, 0.29) is 24.3 Å². The Morgan fingerprint density at radius 2 is 2.17 bits per heavy atom. The first-order valence-corrected chi connectivity index (χ1v) is 8.69. The first-order valence-electron chi connectivity index (χ1n) is 7.81. The van der Waals surface area contributed by atoms with Crippen molar-refractivity contribution >= 4 is 34.4 Å². The molecule has 6 heteroatoms. The van der Waals surface area contributed by atoms with E-state index in [1.807, 2.05) is 45.9 Å². The SMILES string of the molecule is CC[C@H](C)N=C1NC(=O)[C@@H](CC(=O)Nc2cc(C)ccc2C)S1. The number of hydrogen-bond acceptors (Lipinski definition) is 4. The molecule has 2 atom stereocenters. The number of rotatable bonds is 5. The molecule has 1 aromatic carbocycles. The fraction of sp³-hybridized carbons (Fsp3) is 0.471. The fourth-order valence-electron chi connectivity index (χ4n) is 2.13. The van der Waals surface area contributed by atoms with Gasteiger partial charge in [-0.15, -0.1) is 0 Å². The van der Waals surface area contributed by atoms with Gasteiger partial charge in [-0.1, -0.05) is 30.8 Å². The second kappa shape index (κ2) is 7.64. The lowest BCUT2D eigenvalue weighted by atomic mass is 10.1. The van der Waals surface area contributed by atoms with Gasteiger partial charge in [0.05, 0.1) is 0 Å². The summed E-state index contributed by atoms with van der Waals surface area (Å²) >= 11 is 1.34. The Balaban J connectivity index is 1.97. The van der Waals surface area contributed by atoms with Crippen molar-refractivity contribution in [3.05, 3.63) is 29.3 Å². The van der Waals surface area contributed by atoms with E-state index >= 15 is 0 Å². The lowest BCUT2D eigenvalue weighted by molar-refractivity contribution is -0.122. The van der Waals surface area contributed by atoms with Crippen LogP contribution in [-0.2, 0) is 9.59 Å². The lowest BCUT2D eigenvalue weighted by Gasteiger charge is -2.10. The number of hydrogen-bond donors (Lipinski definition) is 2. The molecule has 5 nitrogen and oxygen atoms in total. The minimum absolute atomic E-state index is 0.142. The van der Waals surface area contributed by atoms with Gasteiger partial charge in [-0.25, -0.2) is 0 Å². The number of anilines is 1. The molecule has 0 aromatic heterocycles. The van der Waals surface area contributed by atoms with Crippen molar-refractivity contribution in [3.8, 4) is 0 Å². The van der Waals surface area contributed by atoms with Gasteiger partial charge >= 0.3 is 0 Å². The Hall–Kier alpha value is -1.82. The van der Waals surface area contributed by atoms with Gasteiger partial charge in [0.15, 0.2) is 5.17 Å². The summed E-state index contributed by atoms with van der Waals surface area (Å²) in [6.45, 7) is 7.97. The molecule has 0 spiro atoms. The molecule has 2 rings (SSSR count). The Morgan fingerprint density at radius 1 is 1.43 bits per heavy atom. The third kappa shape index (κ3) is 4.82. The van der Waals surface area contributed by atoms with Gasteiger partial charge < -0.3 is 10.6 Å². The molecule has 2 N–H and O–H groups in total. The van der Waals surface area contributed by atoms with Crippen LogP contribution in [0.25, 0.3) is 0 Å². The number of nitrogens with one attached hydrogen (secondary N) is 2. The number of thioether (sulfide) groups is 1. The third-order valence-electron chi connectivity index (χ3n) is 3.74. The third-order valence-corrected chi connectivity index (χ3v) is 4.84. The van der Waals surface area contributed by atoms with Crippen LogP contribution >= 0.6 is 11.8 Å². The summed E-state index contributed by atoms with van der Waals surface area (Å²) in [6.07, 6.45) is 1.06. The van der Waals surface area contributed by atoms with Crippen LogP contribution in [0.2, 0.25) is 0 Å². The highest BCUT2D eigenvalue weighted by atomic mass is 32.2. The van der Waals surface area contributed by atoms with Gasteiger partial charge in [-0.05, 0) is 44.4 Å². The summed E-state index contributed by atoms with van der Waals surface area (Å²) in [5.74, 6) is -0.302. The maximum atomic E-state index is 12.2. The predicted molar refractivity (Wildman–Crippen MR) is 95.9 cm³/mol. The smallest absolute Gasteiger partial charge is 0.240 e. The van der Waals surface area contributed by atoms with Gasteiger partial charge in [0.25, 0.3) is 0 Å². The highest BCUT2D eigenvalue weighted by molar-refractivity contribution is 8.15. The van der Waals surface area contributed by atoms with E-state index < -0.39 is 5.25 Å². The van der Waals surface area contributed by atoms with E-state index in [9.17, 15) is 9.59 Å². The Kier molecular flexibility index (Phi) is 5.82. The van der Waals surface area contributed by atoms with Crippen molar-refractivity contribution in [3.63, 3.8) is 0 Å². The molecule has 0 unspecified atom stereocenters. The van der Waals surface area contributed by atoms with E-state index in [0.717, 1.165) is 23.2 Å². The van der Waals surface area contributed by atoms with E-state index in [1.165, 1.54) is 11.8 Å². The highest BCUT2D eigenvalue weighted by Gasteiger charge is 2.32. The minimum atomic E-state index is -0.414. The van der Waals surface area contributed by atoms with Crippen LogP contribution in [0, 0.1) is 13.8 Å². The largest absolute Gasteiger partial charge is 0.326 e. The average molecular weight is 333 g/mol. The molecule has 0 aliphatic carbocycles. The summed E-state index contributed by atoms with van der Waals surface area (Å²) in [5.41, 5.74) is 2.89. The van der Waals surface area contributed by atoms with Crippen molar-refractivity contribution in [1.29, 1.82) is 0 Å². The quantitative estimate of drug-likeness (QED) is 0.870. The first kappa shape index (κ1) is 17.5. The number of benzene rings is 1. The fourth-order valence-corrected chi connectivity index (χ4v) is 3.20. The number of amidine groups is 1. The summed E-state index contributed by atoms with van der Waals surface area (Å²) in [5, 5.41) is 5.85. The molecular weight excluding hydrogens is 310 g/mol. The van der Waals surface area contributed by atoms with Gasteiger partial charge in [-0.3, -0.25) is 14.6 Å². The number of nitrogens with zero attached hydrogens (tertiary/aromatic N) is 1. The van der Waals surface area contributed by atoms with Crippen LogP contribution in [0.15, 0.2) is 23.2 Å². The monoisotopic (exact) mass is 333 g/mol. The van der Waals surface area contributed by atoms with Crippen LogP contribution in [-0.4, -0.2) is 28.3 Å². The summed E-state index contributed by atoms with van der Waals surface area (Å²) in [4.78, 5) is 28.6. The Morgan fingerprint density at radius 3 is 2.87 bits per heavy atom. The molecule has 23 heavy (non-hydrogen) atoms. The average Bonchev–Trinajstić information content (AvgIpc) is 2.82. The zero-order valence-corrected chi connectivity index (χ0v) is 14.8. The Labute approximate surface area is 141 Å². The van der Waals surface area contributed by atoms with Crippen molar-refractivity contribution in [2.45, 2.75) is 51.8 Å². The number of carbonyl (C=O) groups excluding carboxylic acids is 2. The van der Waals surface area contributed by atoms with Gasteiger partial charge in [-0.2, -0.15) is 0 Å². The van der Waals surface area contributed by atoms with E-state index in [2.05, 4.69) is 15.6 Å². The van der Waals surface area contributed by atoms with Crippen molar-refractivity contribution in [1.82, 2.24) is 5.32 Å². The number of carbonyl (C=O) groups is 2.